The van der Waals surface area contributed by atoms with E-state index in [-0.39, 0.29) is 36.8 Å². The van der Waals surface area contributed by atoms with E-state index in [0.717, 1.165) is 12.1 Å². The summed E-state index contributed by atoms with van der Waals surface area (Å²) in [6.07, 6.45) is 0.415. The van der Waals surface area contributed by atoms with Crippen LogP contribution in [0.4, 0.5) is 24.7 Å². The number of methoxy groups -OCH3 is 1. The Morgan fingerprint density at radius 1 is 1.12 bits per heavy atom. The first-order valence-electron chi connectivity index (χ1n) is 12.4. The summed E-state index contributed by atoms with van der Waals surface area (Å²) in [6.45, 7) is 2.04. The number of nitrogens with one attached hydrogen (secondary N) is 1. The highest BCUT2D eigenvalue weighted by molar-refractivity contribution is 7.90. The number of carbonyl (C=O) groups excluding carboxylic acids is 1. The van der Waals surface area contributed by atoms with Gasteiger partial charge in [-0.1, -0.05) is 18.2 Å². The van der Waals surface area contributed by atoms with Crippen molar-refractivity contribution in [3.63, 3.8) is 0 Å². The van der Waals surface area contributed by atoms with Crippen molar-refractivity contribution in [1.29, 1.82) is 0 Å². The molecular weight excluding hydrogens is 547 g/mol. The smallest absolute Gasteiger partial charge is 0.416 e. The molecule has 2 aliphatic rings. The van der Waals surface area contributed by atoms with Crippen molar-refractivity contribution in [3.05, 3.63) is 78.0 Å². The molecule has 210 valence electrons. The number of carbonyl (C=O) groups is 1. The molecule has 3 heterocycles. The van der Waals surface area contributed by atoms with Crippen LogP contribution in [0.15, 0.2) is 66.9 Å². The molecule has 1 N–H and O–H groups in total. The van der Waals surface area contributed by atoms with Crippen molar-refractivity contribution in [2.24, 2.45) is 5.92 Å². The highest BCUT2D eigenvalue weighted by Gasteiger charge is 2.41. The first-order valence-corrected chi connectivity index (χ1v) is 13.8. The van der Waals surface area contributed by atoms with E-state index in [9.17, 15) is 26.4 Å². The molecule has 1 saturated heterocycles. The van der Waals surface area contributed by atoms with Crippen LogP contribution in [0.5, 0.6) is 5.75 Å². The lowest BCUT2D eigenvalue weighted by Crippen LogP contribution is -2.56. The van der Waals surface area contributed by atoms with Crippen molar-refractivity contribution < 1.29 is 31.1 Å². The van der Waals surface area contributed by atoms with Crippen LogP contribution in [0.2, 0.25) is 0 Å². The maximum Gasteiger partial charge on any atom is 0.416 e. The molecule has 2 unspecified atom stereocenters. The standard InChI is InChI=1S/C27H26F3N5O4S/c1-17-13-23(24(39-2)15-21(17)18-5-3-6-20(14-18)27(28,29)30)35-22-10-12-34(16-19(22)8-9-26(35)36)40(37,38)33-25-7-4-11-31-32-25/h3-9,11,13-15,19,22H,10,12,16H2,1-2H3,(H,32,33). The Hall–Kier alpha value is -3.97. The van der Waals surface area contributed by atoms with E-state index in [2.05, 4.69) is 14.9 Å². The Bertz CT molecular complexity index is 1560. The fourth-order valence-corrected chi connectivity index (χ4v) is 6.38. The van der Waals surface area contributed by atoms with Crippen molar-refractivity contribution >= 4 is 27.6 Å². The average Bonchev–Trinajstić information content (AvgIpc) is 2.92. The molecule has 2 atom stereocenters. The minimum absolute atomic E-state index is 0.0988. The summed E-state index contributed by atoms with van der Waals surface area (Å²) in [7, 11) is -2.48. The zero-order valence-corrected chi connectivity index (χ0v) is 22.4. The molecule has 1 amide bonds. The van der Waals surface area contributed by atoms with E-state index >= 15 is 0 Å². The Labute approximate surface area is 229 Å². The molecule has 0 radical (unpaired) electrons. The summed E-state index contributed by atoms with van der Waals surface area (Å²) < 4.78 is 75.3. The predicted octanol–water partition coefficient (Wildman–Crippen LogP) is 4.43. The van der Waals surface area contributed by atoms with Gasteiger partial charge in [-0.25, -0.2) is 0 Å². The molecule has 2 aliphatic heterocycles. The van der Waals surface area contributed by atoms with Crippen molar-refractivity contribution in [1.82, 2.24) is 14.5 Å². The molecule has 2 aromatic carbocycles. The maximum atomic E-state index is 13.3. The lowest BCUT2D eigenvalue weighted by molar-refractivity contribution is -0.137. The zero-order chi connectivity index (χ0) is 28.7. The lowest BCUT2D eigenvalue weighted by Gasteiger charge is -2.44. The van der Waals surface area contributed by atoms with E-state index in [4.69, 9.17) is 4.74 Å². The monoisotopic (exact) mass is 573 g/mol. The van der Waals surface area contributed by atoms with Crippen LogP contribution < -0.4 is 14.4 Å². The second kappa shape index (κ2) is 10.5. The van der Waals surface area contributed by atoms with E-state index in [0.29, 0.717) is 34.5 Å². The Kier molecular flexibility index (Phi) is 7.27. The topological polar surface area (TPSA) is 105 Å². The number of rotatable bonds is 6. The minimum atomic E-state index is -4.48. The van der Waals surface area contributed by atoms with E-state index < -0.39 is 21.9 Å². The summed E-state index contributed by atoms with van der Waals surface area (Å²) in [4.78, 5) is 14.7. The second-order valence-electron chi connectivity index (χ2n) is 9.58. The number of fused-ring (bicyclic) bond motifs is 1. The Balaban J connectivity index is 1.44. The highest BCUT2D eigenvalue weighted by atomic mass is 32.2. The maximum absolute atomic E-state index is 13.3. The van der Waals surface area contributed by atoms with Gasteiger partial charge in [-0.3, -0.25) is 9.52 Å². The van der Waals surface area contributed by atoms with Crippen molar-refractivity contribution in [2.45, 2.75) is 25.6 Å². The fourth-order valence-electron chi connectivity index (χ4n) is 5.16. The number of anilines is 2. The summed E-state index contributed by atoms with van der Waals surface area (Å²) in [6, 6.07) is 11.1. The number of aryl methyl sites for hydroxylation is 1. The number of ether oxygens (including phenoxy) is 1. The second-order valence-corrected chi connectivity index (χ2v) is 11.2. The molecule has 40 heavy (non-hydrogen) atoms. The SMILES string of the molecule is COc1cc(-c2cccc(C(F)(F)F)c2)c(C)cc1N1C(=O)C=CC2CN(S(=O)(=O)Nc3cccnn3)CCC21. The van der Waals surface area contributed by atoms with Gasteiger partial charge in [0.05, 0.1) is 18.4 Å². The first-order chi connectivity index (χ1) is 19.0. The van der Waals surface area contributed by atoms with Gasteiger partial charge < -0.3 is 9.64 Å². The highest BCUT2D eigenvalue weighted by Crippen LogP contribution is 2.42. The quantitative estimate of drug-likeness (QED) is 0.468. The summed E-state index contributed by atoms with van der Waals surface area (Å²) in [5, 5.41) is 7.45. The normalized spacial score (nSPS) is 19.8. The number of piperidine rings is 1. The summed E-state index contributed by atoms with van der Waals surface area (Å²) >= 11 is 0. The molecule has 1 aromatic heterocycles. The molecule has 0 saturated carbocycles. The third-order valence-electron chi connectivity index (χ3n) is 7.07. The van der Waals surface area contributed by atoms with Crippen LogP contribution in [0.1, 0.15) is 17.5 Å². The first kappa shape index (κ1) is 27.6. The zero-order valence-electron chi connectivity index (χ0n) is 21.6. The number of hydrogen-bond donors (Lipinski definition) is 1. The number of nitrogens with zero attached hydrogens (tertiary/aromatic N) is 4. The molecule has 13 heteroatoms. The minimum Gasteiger partial charge on any atom is -0.495 e. The molecule has 9 nitrogen and oxygen atoms in total. The lowest BCUT2D eigenvalue weighted by atomic mass is 9.87. The van der Waals surface area contributed by atoms with Crippen LogP contribution >= 0.6 is 0 Å². The van der Waals surface area contributed by atoms with Crippen LogP contribution in [0.3, 0.4) is 0 Å². The van der Waals surface area contributed by atoms with Crippen LogP contribution in [-0.4, -0.2) is 55.1 Å². The van der Waals surface area contributed by atoms with Gasteiger partial charge in [0.25, 0.3) is 5.91 Å². The van der Waals surface area contributed by atoms with Gasteiger partial charge in [-0.15, -0.1) is 5.10 Å². The number of halogens is 3. The number of amides is 1. The number of hydrogen-bond acceptors (Lipinski definition) is 6. The third-order valence-corrected chi connectivity index (χ3v) is 8.55. The molecule has 3 aromatic rings. The molecular formula is C27H26F3N5O4S. The van der Waals surface area contributed by atoms with Gasteiger partial charge in [0.1, 0.15) is 5.75 Å². The Morgan fingerprint density at radius 2 is 1.93 bits per heavy atom. The molecule has 0 aliphatic carbocycles. The summed E-state index contributed by atoms with van der Waals surface area (Å²) in [5.74, 6) is -0.181. The van der Waals surface area contributed by atoms with Gasteiger partial charge in [-0.05, 0) is 72.5 Å². The number of alkyl halides is 3. The molecule has 0 spiro atoms. The van der Waals surface area contributed by atoms with Crippen LogP contribution in [0, 0.1) is 12.8 Å². The third kappa shape index (κ3) is 5.39. The van der Waals surface area contributed by atoms with Crippen molar-refractivity contribution in [2.75, 3.05) is 29.8 Å². The predicted molar refractivity (Wildman–Crippen MR) is 143 cm³/mol. The molecule has 1 fully saturated rings. The van der Waals surface area contributed by atoms with E-state index in [1.54, 1.807) is 42.2 Å². The average molecular weight is 574 g/mol. The van der Waals surface area contributed by atoms with Gasteiger partial charge in [0, 0.05) is 31.2 Å². The number of aromatic nitrogens is 2. The van der Waals surface area contributed by atoms with Gasteiger partial charge in [0.2, 0.25) is 0 Å². The molecule has 0 bridgehead atoms. The fraction of sp³-hybridized carbons (Fsp3) is 0.296. The van der Waals surface area contributed by atoms with Crippen molar-refractivity contribution in [3.8, 4) is 16.9 Å². The van der Waals surface area contributed by atoms with Gasteiger partial charge in [-0.2, -0.15) is 31.0 Å². The van der Waals surface area contributed by atoms with Crippen LogP contribution in [-0.2, 0) is 21.2 Å². The Morgan fingerprint density at radius 3 is 2.62 bits per heavy atom. The largest absolute Gasteiger partial charge is 0.495 e. The molecule has 5 rings (SSSR count). The number of benzene rings is 2. The van der Waals surface area contributed by atoms with Crippen LogP contribution in [0.25, 0.3) is 11.1 Å². The van der Waals surface area contributed by atoms with Gasteiger partial charge >= 0.3 is 16.4 Å². The van der Waals surface area contributed by atoms with E-state index in [1.807, 2.05) is 0 Å². The summed E-state index contributed by atoms with van der Waals surface area (Å²) in [5.41, 5.74) is 1.27. The van der Waals surface area contributed by atoms with Gasteiger partial charge in [0.15, 0.2) is 5.82 Å². The van der Waals surface area contributed by atoms with E-state index in [1.165, 1.54) is 35.8 Å².